The van der Waals surface area contributed by atoms with Gasteiger partial charge in [-0.05, 0) is 24.0 Å². The van der Waals surface area contributed by atoms with Gasteiger partial charge in [0.25, 0.3) is 0 Å². The third-order valence-corrected chi connectivity index (χ3v) is 4.53. The van der Waals surface area contributed by atoms with Gasteiger partial charge in [-0.2, -0.15) is 13.2 Å². The first-order valence-electron chi connectivity index (χ1n) is 9.33. The highest BCUT2D eigenvalue weighted by Crippen LogP contribution is 2.31. The molecule has 0 bridgehead atoms. The molecule has 2 N–H and O–H groups in total. The minimum atomic E-state index is -4.32. The van der Waals surface area contributed by atoms with Gasteiger partial charge in [0.2, 0.25) is 0 Å². The van der Waals surface area contributed by atoms with Gasteiger partial charge in [-0.1, -0.05) is 32.0 Å². The average Bonchev–Trinajstić information content (AvgIpc) is 3.13. The molecular weight excluding hydrogens is 496 g/mol. The fourth-order valence-corrected chi connectivity index (χ4v) is 2.85. The third-order valence-electron chi connectivity index (χ3n) is 4.53. The molecule has 1 aromatic carbocycles. The van der Waals surface area contributed by atoms with Crippen molar-refractivity contribution >= 4 is 29.9 Å². The number of guanidine groups is 1. The second-order valence-electron chi connectivity index (χ2n) is 6.53. The lowest BCUT2D eigenvalue weighted by molar-refractivity contribution is -0.137. The van der Waals surface area contributed by atoms with Crippen LogP contribution in [0, 0.1) is 0 Å². The van der Waals surface area contributed by atoms with Crippen LogP contribution in [0.1, 0.15) is 43.1 Å². The van der Waals surface area contributed by atoms with Crippen LogP contribution in [0.15, 0.2) is 35.6 Å². The predicted octanol–water partition coefficient (Wildman–Crippen LogP) is 3.84. The first kappa shape index (κ1) is 25.2. The summed E-state index contributed by atoms with van der Waals surface area (Å²) in [5.74, 6) is 1.58. The number of aliphatic imine (C=N–C) groups is 1. The Morgan fingerprint density at radius 1 is 1.24 bits per heavy atom. The zero-order valence-corrected chi connectivity index (χ0v) is 19.2. The van der Waals surface area contributed by atoms with Gasteiger partial charge in [-0.25, -0.2) is 0 Å². The van der Waals surface area contributed by atoms with E-state index in [4.69, 9.17) is 0 Å². The van der Waals surface area contributed by atoms with Crippen LogP contribution in [0.5, 0.6) is 0 Å². The van der Waals surface area contributed by atoms with Crippen molar-refractivity contribution in [3.8, 4) is 0 Å². The molecule has 0 aliphatic carbocycles. The van der Waals surface area contributed by atoms with E-state index in [1.54, 1.807) is 19.4 Å². The van der Waals surface area contributed by atoms with E-state index in [-0.39, 0.29) is 29.9 Å². The van der Waals surface area contributed by atoms with Crippen molar-refractivity contribution in [3.05, 3.63) is 47.5 Å². The largest absolute Gasteiger partial charge is 0.416 e. The maximum absolute atomic E-state index is 12.9. The summed E-state index contributed by atoms with van der Waals surface area (Å²) in [6.45, 7) is 5.93. The minimum absolute atomic E-state index is 0. The standard InChI is InChI=1S/C19H27F3N6.HI/c1-4-17-27-26-13-28(17)11-10-25-18(23-3)24-9-8-14(2)15-6-5-7-16(12-15)19(20,21)22;/h5-7,12-14H,4,8-11H2,1-3H3,(H2,23,24,25);1H. The Hall–Kier alpha value is -1.85. The summed E-state index contributed by atoms with van der Waals surface area (Å²) >= 11 is 0. The van der Waals surface area contributed by atoms with E-state index in [2.05, 4.69) is 25.8 Å². The maximum atomic E-state index is 12.9. The van der Waals surface area contributed by atoms with E-state index in [1.807, 2.05) is 18.4 Å². The molecular formula is C19H28F3IN6. The average molecular weight is 524 g/mol. The molecule has 0 saturated heterocycles. The molecule has 29 heavy (non-hydrogen) atoms. The summed E-state index contributed by atoms with van der Waals surface area (Å²) in [4.78, 5) is 4.17. The molecule has 2 aromatic rings. The number of nitrogens with one attached hydrogen (secondary N) is 2. The van der Waals surface area contributed by atoms with Crippen LogP contribution < -0.4 is 10.6 Å². The number of alkyl halides is 3. The molecule has 0 aliphatic rings. The Bertz CT molecular complexity index is 775. The van der Waals surface area contributed by atoms with Crippen LogP contribution in [-0.2, 0) is 19.1 Å². The fraction of sp³-hybridized carbons (Fsp3) is 0.526. The summed E-state index contributed by atoms with van der Waals surface area (Å²) in [7, 11) is 1.68. The lowest BCUT2D eigenvalue weighted by atomic mass is 9.96. The van der Waals surface area contributed by atoms with Crippen molar-refractivity contribution in [1.29, 1.82) is 0 Å². The normalized spacial score (nSPS) is 13.0. The van der Waals surface area contributed by atoms with Gasteiger partial charge in [0, 0.05) is 33.1 Å². The molecule has 1 heterocycles. The highest BCUT2D eigenvalue weighted by atomic mass is 127. The van der Waals surface area contributed by atoms with Crippen LogP contribution in [-0.4, -0.2) is 40.9 Å². The van der Waals surface area contributed by atoms with Gasteiger partial charge < -0.3 is 15.2 Å². The molecule has 0 radical (unpaired) electrons. The van der Waals surface area contributed by atoms with Gasteiger partial charge in [-0.3, -0.25) is 4.99 Å². The zero-order valence-electron chi connectivity index (χ0n) is 16.8. The van der Waals surface area contributed by atoms with Crippen LogP contribution in [0.2, 0.25) is 0 Å². The SMILES string of the molecule is CCc1nncn1CCNC(=NC)NCCC(C)c1cccc(C(F)(F)F)c1.I. The van der Waals surface area contributed by atoms with Crippen molar-refractivity contribution in [1.82, 2.24) is 25.4 Å². The highest BCUT2D eigenvalue weighted by Gasteiger charge is 2.30. The smallest absolute Gasteiger partial charge is 0.356 e. The highest BCUT2D eigenvalue weighted by molar-refractivity contribution is 14.0. The number of halogens is 4. The van der Waals surface area contributed by atoms with Crippen LogP contribution in [0.3, 0.4) is 0 Å². The number of benzene rings is 1. The van der Waals surface area contributed by atoms with Crippen LogP contribution in [0.4, 0.5) is 13.2 Å². The van der Waals surface area contributed by atoms with Crippen molar-refractivity contribution in [2.45, 2.75) is 45.3 Å². The number of rotatable bonds is 8. The Labute approximate surface area is 186 Å². The van der Waals surface area contributed by atoms with E-state index < -0.39 is 11.7 Å². The first-order valence-corrected chi connectivity index (χ1v) is 9.33. The third kappa shape index (κ3) is 7.82. The molecule has 162 valence electrons. The number of aromatic nitrogens is 3. The predicted molar refractivity (Wildman–Crippen MR) is 119 cm³/mol. The fourth-order valence-electron chi connectivity index (χ4n) is 2.85. The van der Waals surface area contributed by atoms with Crippen molar-refractivity contribution in [2.24, 2.45) is 4.99 Å². The summed E-state index contributed by atoms with van der Waals surface area (Å²) in [6.07, 6.45) is -1.11. The van der Waals surface area contributed by atoms with E-state index >= 15 is 0 Å². The van der Waals surface area contributed by atoms with Gasteiger partial charge in [0.05, 0.1) is 5.56 Å². The Kier molecular flexibility index (Phi) is 10.4. The Balaban J connectivity index is 0.00000420. The molecule has 10 heteroatoms. The van der Waals surface area contributed by atoms with Crippen molar-refractivity contribution in [2.75, 3.05) is 20.1 Å². The number of hydrogen-bond donors (Lipinski definition) is 2. The van der Waals surface area contributed by atoms with Crippen molar-refractivity contribution in [3.63, 3.8) is 0 Å². The zero-order chi connectivity index (χ0) is 20.6. The van der Waals surface area contributed by atoms with Gasteiger partial charge in [0.15, 0.2) is 5.96 Å². The van der Waals surface area contributed by atoms with E-state index in [1.165, 1.54) is 12.1 Å². The molecule has 0 spiro atoms. The molecule has 1 unspecified atom stereocenters. The lowest BCUT2D eigenvalue weighted by Crippen LogP contribution is -2.39. The Morgan fingerprint density at radius 2 is 1.97 bits per heavy atom. The van der Waals surface area contributed by atoms with Gasteiger partial charge in [-0.15, -0.1) is 34.2 Å². The summed E-state index contributed by atoms with van der Waals surface area (Å²) in [5, 5.41) is 14.4. The monoisotopic (exact) mass is 524 g/mol. The molecule has 1 aromatic heterocycles. The summed E-state index contributed by atoms with van der Waals surface area (Å²) in [5.41, 5.74) is 0.0713. The van der Waals surface area contributed by atoms with Gasteiger partial charge >= 0.3 is 6.18 Å². The molecule has 0 aliphatic heterocycles. The quantitative estimate of drug-likeness (QED) is 0.313. The van der Waals surface area contributed by atoms with Gasteiger partial charge in [0.1, 0.15) is 12.2 Å². The second kappa shape index (κ2) is 12.0. The molecule has 0 amide bonds. The Morgan fingerprint density at radius 3 is 2.62 bits per heavy atom. The molecule has 0 saturated carbocycles. The van der Waals surface area contributed by atoms with E-state index in [9.17, 15) is 13.2 Å². The lowest BCUT2D eigenvalue weighted by Gasteiger charge is -2.16. The summed E-state index contributed by atoms with van der Waals surface area (Å²) < 4.78 is 40.6. The van der Waals surface area contributed by atoms with E-state index in [0.29, 0.717) is 31.0 Å². The second-order valence-corrected chi connectivity index (χ2v) is 6.53. The number of nitrogens with zero attached hydrogens (tertiary/aromatic N) is 4. The minimum Gasteiger partial charge on any atom is -0.356 e. The molecule has 6 nitrogen and oxygen atoms in total. The van der Waals surface area contributed by atoms with E-state index in [0.717, 1.165) is 24.9 Å². The maximum Gasteiger partial charge on any atom is 0.416 e. The van der Waals surface area contributed by atoms with Crippen LogP contribution in [0.25, 0.3) is 0 Å². The summed E-state index contributed by atoms with van der Waals surface area (Å²) in [6, 6.07) is 5.51. The molecule has 0 fully saturated rings. The first-order chi connectivity index (χ1) is 13.3. The number of hydrogen-bond acceptors (Lipinski definition) is 3. The molecule has 1 atom stereocenters. The number of aryl methyl sites for hydroxylation is 1. The van der Waals surface area contributed by atoms with Crippen molar-refractivity contribution < 1.29 is 13.2 Å². The molecule has 2 rings (SSSR count). The van der Waals surface area contributed by atoms with Crippen LogP contribution >= 0.6 is 24.0 Å². The topological polar surface area (TPSA) is 67.1 Å².